The standard InChI is InChI=1S/C9H7BrClN3/c1-4-2-3-5(10)7-6(4)8(12)14-9(11)13-7/h2-3H,1H3,(H2,12,13,14). The van der Waals surface area contributed by atoms with Crippen LogP contribution in [0.15, 0.2) is 16.6 Å². The number of aryl methyl sites for hydroxylation is 1. The molecule has 0 saturated carbocycles. The molecule has 72 valence electrons. The van der Waals surface area contributed by atoms with E-state index in [4.69, 9.17) is 17.3 Å². The first-order valence-corrected chi connectivity index (χ1v) is 5.14. The first-order valence-electron chi connectivity index (χ1n) is 3.97. The molecule has 0 amide bonds. The minimum absolute atomic E-state index is 0.168. The van der Waals surface area contributed by atoms with Crippen molar-refractivity contribution in [2.24, 2.45) is 0 Å². The Morgan fingerprint density at radius 2 is 2.07 bits per heavy atom. The molecular formula is C9H7BrClN3. The zero-order chi connectivity index (χ0) is 10.3. The number of hydrogen-bond donors (Lipinski definition) is 1. The molecule has 2 N–H and O–H groups in total. The van der Waals surface area contributed by atoms with E-state index in [1.807, 2.05) is 19.1 Å². The van der Waals surface area contributed by atoms with Crippen LogP contribution in [0.1, 0.15) is 5.56 Å². The van der Waals surface area contributed by atoms with Crippen molar-refractivity contribution in [2.45, 2.75) is 6.92 Å². The molecule has 14 heavy (non-hydrogen) atoms. The fourth-order valence-corrected chi connectivity index (χ4v) is 1.97. The quantitative estimate of drug-likeness (QED) is 0.750. The van der Waals surface area contributed by atoms with Gasteiger partial charge in [-0.15, -0.1) is 0 Å². The molecule has 5 heteroatoms. The van der Waals surface area contributed by atoms with Gasteiger partial charge in [0.05, 0.1) is 5.52 Å². The van der Waals surface area contributed by atoms with Crippen LogP contribution in [-0.2, 0) is 0 Å². The van der Waals surface area contributed by atoms with Gasteiger partial charge in [0.25, 0.3) is 0 Å². The zero-order valence-electron chi connectivity index (χ0n) is 7.38. The average molecular weight is 273 g/mol. The normalized spacial score (nSPS) is 10.8. The van der Waals surface area contributed by atoms with Gasteiger partial charge >= 0.3 is 0 Å². The molecule has 0 unspecified atom stereocenters. The summed E-state index contributed by atoms with van der Waals surface area (Å²) in [5.41, 5.74) is 7.56. The third-order valence-corrected chi connectivity index (χ3v) is 2.82. The van der Waals surface area contributed by atoms with E-state index in [1.54, 1.807) is 0 Å². The highest BCUT2D eigenvalue weighted by molar-refractivity contribution is 9.10. The van der Waals surface area contributed by atoms with Crippen LogP contribution in [0.2, 0.25) is 5.28 Å². The molecular weight excluding hydrogens is 265 g/mol. The maximum Gasteiger partial charge on any atom is 0.224 e. The van der Waals surface area contributed by atoms with Crippen molar-refractivity contribution in [2.75, 3.05) is 5.73 Å². The first kappa shape index (κ1) is 9.68. The van der Waals surface area contributed by atoms with E-state index >= 15 is 0 Å². The number of nitrogens with two attached hydrogens (primary N) is 1. The van der Waals surface area contributed by atoms with Gasteiger partial charge in [-0.05, 0) is 46.1 Å². The van der Waals surface area contributed by atoms with E-state index in [0.29, 0.717) is 5.82 Å². The van der Waals surface area contributed by atoms with Gasteiger partial charge in [-0.1, -0.05) is 6.07 Å². The molecule has 0 fully saturated rings. The van der Waals surface area contributed by atoms with Crippen molar-refractivity contribution in [3.8, 4) is 0 Å². The summed E-state index contributed by atoms with van der Waals surface area (Å²) in [5.74, 6) is 0.416. The van der Waals surface area contributed by atoms with Crippen LogP contribution in [0.3, 0.4) is 0 Å². The monoisotopic (exact) mass is 271 g/mol. The van der Waals surface area contributed by atoms with Crippen LogP contribution in [0.4, 0.5) is 5.82 Å². The number of hydrogen-bond acceptors (Lipinski definition) is 3. The lowest BCUT2D eigenvalue weighted by molar-refractivity contribution is 1.22. The molecule has 0 radical (unpaired) electrons. The summed E-state index contributed by atoms with van der Waals surface area (Å²) in [6, 6.07) is 3.88. The molecule has 1 aromatic heterocycles. The van der Waals surface area contributed by atoms with Crippen LogP contribution in [0, 0.1) is 6.92 Å². The summed E-state index contributed by atoms with van der Waals surface area (Å²) in [4.78, 5) is 8.04. The van der Waals surface area contributed by atoms with E-state index in [-0.39, 0.29) is 5.28 Å². The Balaban J connectivity index is 3.00. The number of fused-ring (bicyclic) bond motifs is 1. The number of anilines is 1. The van der Waals surface area contributed by atoms with Crippen molar-refractivity contribution in [1.82, 2.24) is 9.97 Å². The van der Waals surface area contributed by atoms with Crippen LogP contribution < -0.4 is 5.73 Å². The van der Waals surface area contributed by atoms with Crippen molar-refractivity contribution in [3.63, 3.8) is 0 Å². The summed E-state index contributed by atoms with van der Waals surface area (Å²) in [5, 5.41) is 1.02. The molecule has 0 aliphatic heterocycles. The van der Waals surface area contributed by atoms with Crippen LogP contribution in [-0.4, -0.2) is 9.97 Å². The Morgan fingerprint density at radius 1 is 1.36 bits per heavy atom. The number of halogens is 2. The lowest BCUT2D eigenvalue weighted by Crippen LogP contribution is -1.97. The number of nitrogen functional groups attached to an aromatic ring is 1. The highest BCUT2D eigenvalue weighted by Gasteiger charge is 2.08. The van der Waals surface area contributed by atoms with E-state index in [2.05, 4.69) is 25.9 Å². The minimum Gasteiger partial charge on any atom is -0.383 e. The lowest BCUT2D eigenvalue weighted by atomic mass is 10.1. The molecule has 2 rings (SSSR count). The lowest BCUT2D eigenvalue weighted by Gasteiger charge is -2.05. The molecule has 0 bridgehead atoms. The number of nitrogens with zero attached hydrogens (tertiary/aromatic N) is 2. The number of aromatic nitrogens is 2. The van der Waals surface area contributed by atoms with E-state index < -0.39 is 0 Å². The fraction of sp³-hybridized carbons (Fsp3) is 0.111. The van der Waals surface area contributed by atoms with Crippen molar-refractivity contribution in [3.05, 3.63) is 27.5 Å². The predicted octanol–water partition coefficient (Wildman–Crippen LogP) is 2.94. The Morgan fingerprint density at radius 3 is 2.79 bits per heavy atom. The SMILES string of the molecule is Cc1ccc(Br)c2nc(Cl)nc(N)c12. The Kier molecular flexibility index (Phi) is 2.33. The Hall–Kier alpha value is -0.870. The third kappa shape index (κ3) is 1.44. The van der Waals surface area contributed by atoms with Gasteiger partial charge in [0.1, 0.15) is 5.82 Å². The maximum absolute atomic E-state index is 5.77. The molecule has 3 nitrogen and oxygen atoms in total. The van der Waals surface area contributed by atoms with Crippen molar-refractivity contribution < 1.29 is 0 Å². The van der Waals surface area contributed by atoms with Gasteiger partial charge in [0.15, 0.2) is 0 Å². The van der Waals surface area contributed by atoms with Gasteiger partial charge in [-0.2, -0.15) is 0 Å². The van der Waals surface area contributed by atoms with E-state index in [0.717, 1.165) is 20.9 Å². The molecule has 1 heterocycles. The second-order valence-corrected chi connectivity index (χ2v) is 4.16. The molecule has 0 aliphatic rings. The fourth-order valence-electron chi connectivity index (χ4n) is 1.37. The first-order chi connectivity index (χ1) is 6.59. The topological polar surface area (TPSA) is 51.8 Å². The van der Waals surface area contributed by atoms with E-state index in [9.17, 15) is 0 Å². The van der Waals surface area contributed by atoms with Gasteiger partial charge < -0.3 is 5.73 Å². The maximum atomic E-state index is 5.77. The second kappa shape index (κ2) is 3.37. The minimum atomic E-state index is 0.168. The van der Waals surface area contributed by atoms with Crippen molar-refractivity contribution >= 4 is 44.3 Å². The van der Waals surface area contributed by atoms with Gasteiger partial charge in [-0.25, -0.2) is 9.97 Å². The Labute approximate surface area is 94.4 Å². The number of benzene rings is 1. The van der Waals surface area contributed by atoms with E-state index in [1.165, 1.54) is 0 Å². The summed E-state index contributed by atoms with van der Waals surface area (Å²) >= 11 is 9.12. The summed E-state index contributed by atoms with van der Waals surface area (Å²) in [6.45, 7) is 1.96. The van der Waals surface area contributed by atoms with Crippen LogP contribution in [0.5, 0.6) is 0 Å². The highest BCUT2D eigenvalue weighted by atomic mass is 79.9. The number of rotatable bonds is 0. The summed E-state index contributed by atoms with van der Waals surface area (Å²) in [6.07, 6.45) is 0. The summed E-state index contributed by atoms with van der Waals surface area (Å²) < 4.78 is 0.870. The molecule has 0 saturated heterocycles. The van der Waals surface area contributed by atoms with Crippen LogP contribution >= 0.6 is 27.5 Å². The molecule has 0 atom stereocenters. The zero-order valence-corrected chi connectivity index (χ0v) is 9.72. The van der Waals surface area contributed by atoms with Gasteiger partial charge in [0, 0.05) is 9.86 Å². The highest BCUT2D eigenvalue weighted by Crippen LogP contribution is 2.29. The average Bonchev–Trinajstić information content (AvgIpc) is 2.10. The predicted molar refractivity (Wildman–Crippen MR) is 61.4 cm³/mol. The third-order valence-electron chi connectivity index (χ3n) is 2.01. The molecule has 1 aromatic carbocycles. The summed E-state index contributed by atoms with van der Waals surface area (Å²) in [7, 11) is 0. The van der Waals surface area contributed by atoms with Crippen molar-refractivity contribution in [1.29, 1.82) is 0 Å². The second-order valence-electron chi connectivity index (χ2n) is 2.97. The molecule has 0 spiro atoms. The molecule has 0 aliphatic carbocycles. The smallest absolute Gasteiger partial charge is 0.224 e. The molecule has 2 aromatic rings. The van der Waals surface area contributed by atoms with Crippen LogP contribution in [0.25, 0.3) is 10.9 Å². The largest absolute Gasteiger partial charge is 0.383 e. The van der Waals surface area contributed by atoms with Gasteiger partial charge in [-0.3, -0.25) is 0 Å². The Bertz CT molecular complexity index is 513. The van der Waals surface area contributed by atoms with Gasteiger partial charge in [0.2, 0.25) is 5.28 Å².